The number of aromatic nitrogens is 2. The number of amides is 2. The van der Waals surface area contributed by atoms with Crippen LogP contribution in [0.4, 0.5) is 22.9 Å². The van der Waals surface area contributed by atoms with Crippen LogP contribution in [-0.2, 0) is 4.79 Å². The maximum atomic E-state index is 12.4. The first-order valence-corrected chi connectivity index (χ1v) is 7.85. The highest BCUT2D eigenvalue weighted by molar-refractivity contribution is 6.03. The summed E-state index contributed by atoms with van der Waals surface area (Å²) in [6.07, 6.45) is 1.53. The fourth-order valence-electron chi connectivity index (χ4n) is 2.28. The molecule has 0 saturated heterocycles. The zero-order valence-electron chi connectivity index (χ0n) is 14.2. The average molecular weight is 351 g/mol. The first-order valence-electron chi connectivity index (χ1n) is 7.85. The zero-order chi connectivity index (χ0) is 18.5. The van der Waals surface area contributed by atoms with E-state index in [0.717, 1.165) is 0 Å². The highest BCUT2D eigenvalue weighted by Gasteiger charge is 2.10. The third kappa shape index (κ3) is 4.44. The predicted octanol–water partition coefficient (Wildman–Crippen LogP) is 3.33. The number of anilines is 4. The highest BCUT2D eigenvalue weighted by atomic mass is 16.5. The first kappa shape index (κ1) is 17.2. The molecule has 0 atom stereocenters. The molecule has 0 fully saturated rings. The van der Waals surface area contributed by atoms with Gasteiger partial charge in [-0.25, -0.2) is 0 Å². The first-order chi connectivity index (χ1) is 12.5. The van der Waals surface area contributed by atoms with E-state index in [2.05, 4.69) is 26.1 Å². The maximum Gasteiger partial charge on any atom is 0.274 e. The molecule has 0 spiro atoms. The molecule has 0 aliphatic rings. The smallest absolute Gasteiger partial charge is 0.274 e. The zero-order valence-corrected chi connectivity index (χ0v) is 14.2. The molecule has 8 nitrogen and oxygen atoms in total. The van der Waals surface area contributed by atoms with Crippen LogP contribution in [0.1, 0.15) is 23.2 Å². The SMILES string of the molecule is CC(=O)Nc1cccc(NC(=O)c2cc(Nc3cc(C)on3)ccn2)c1. The van der Waals surface area contributed by atoms with Gasteiger partial charge in [0.15, 0.2) is 5.82 Å². The summed E-state index contributed by atoms with van der Waals surface area (Å²) in [6.45, 7) is 3.21. The van der Waals surface area contributed by atoms with Crippen molar-refractivity contribution < 1.29 is 14.1 Å². The number of hydrogen-bond donors (Lipinski definition) is 3. The summed E-state index contributed by atoms with van der Waals surface area (Å²) in [7, 11) is 0. The van der Waals surface area contributed by atoms with Crippen LogP contribution in [0.5, 0.6) is 0 Å². The predicted molar refractivity (Wildman–Crippen MR) is 97.5 cm³/mol. The summed E-state index contributed by atoms with van der Waals surface area (Å²) < 4.78 is 4.99. The lowest BCUT2D eigenvalue weighted by atomic mass is 10.2. The van der Waals surface area contributed by atoms with Crippen LogP contribution >= 0.6 is 0 Å². The Morgan fingerprint density at radius 1 is 1.00 bits per heavy atom. The van der Waals surface area contributed by atoms with E-state index in [1.165, 1.54) is 13.1 Å². The van der Waals surface area contributed by atoms with Crippen molar-refractivity contribution in [1.82, 2.24) is 10.1 Å². The van der Waals surface area contributed by atoms with Gasteiger partial charge in [0.05, 0.1) is 0 Å². The Morgan fingerprint density at radius 2 is 1.77 bits per heavy atom. The molecule has 8 heteroatoms. The molecule has 3 aromatic rings. The molecular formula is C18H17N5O3. The van der Waals surface area contributed by atoms with E-state index >= 15 is 0 Å². The Hall–Kier alpha value is -3.68. The lowest BCUT2D eigenvalue weighted by molar-refractivity contribution is -0.114. The normalized spacial score (nSPS) is 10.2. The quantitative estimate of drug-likeness (QED) is 0.650. The van der Waals surface area contributed by atoms with Gasteiger partial charge in [0, 0.05) is 36.2 Å². The van der Waals surface area contributed by atoms with Crippen molar-refractivity contribution >= 4 is 34.7 Å². The molecule has 0 radical (unpaired) electrons. The van der Waals surface area contributed by atoms with Crippen LogP contribution in [0.3, 0.4) is 0 Å². The van der Waals surface area contributed by atoms with Crippen molar-refractivity contribution in [1.29, 1.82) is 0 Å². The fraction of sp³-hybridized carbons (Fsp3) is 0.111. The molecule has 26 heavy (non-hydrogen) atoms. The van der Waals surface area contributed by atoms with Crippen molar-refractivity contribution in [2.24, 2.45) is 0 Å². The minimum atomic E-state index is -0.370. The van der Waals surface area contributed by atoms with Gasteiger partial charge in [0.2, 0.25) is 5.91 Å². The Bertz CT molecular complexity index is 951. The molecule has 0 saturated carbocycles. The van der Waals surface area contributed by atoms with E-state index in [4.69, 9.17) is 4.52 Å². The second-order valence-electron chi connectivity index (χ2n) is 5.59. The number of pyridine rings is 1. The van der Waals surface area contributed by atoms with Crippen molar-refractivity contribution in [2.45, 2.75) is 13.8 Å². The van der Waals surface area contributed by atoms with E-state index in [-0.39, 0.29) is 17.5 Å². The van der Waals surface area contributed by atoms with Crippen LogP contribution in [0, 0.1) is 6.92 Å². The number of benzene rings is 1. The number of nitrogens with zero attached hydrogens (tertiary/aromatic N) is 2. The van der Waals surface area contributed by atoms with Gasteiger partial charge in [-0.1, -0.05) is 11.2 Å². The van der Waals surface area contributed by atoms with Gasteiger partial charge in [-0.05, 0) is 37.3 Å². The van der Waals surface area contributed by atoms with Gasteiger partial charge >= 0.3 is 0 Å². The van der Waals surface area contributed by atoms with E-state index in [9.17, 15) is 9.59 Å². The molecule has 2 heterocycles. The molecule has 3 N–H and O–H groups in total. The molecule has 2 aromatic heterocycles. The second-order valence-corrected chi connectivity index (χ2v) is 5.59. The lowest BCUT2D eigenvalue weighted by Crippen LogP contribution is -2.14. The van der Waals surface area contributed by atoms with Crippen molar-refractivity contribution in [3.05, 3.63) is 60.1 Å². The van der Waals surface area contributed by atoms with Gasteiger partial charge < -0.3 is 20.5 Å². The van der Waals surface area contributed by atoms with Crippen molar-refractivity contribution in [3.8, 4) is 0 Å². The molecule has 0 aliphatic carbocycles. The van der Waals surface area contributed by atoms with E-state index in [0.29, 0.717) is 28.6 Å². The number of carbonyl (C=O) groups excluding carboxylic acids is 2. The molecule has 1 aromatic carbocycles. The Morgan fingerprint density at radius 3 is 2.46 bits per heavy atom. The van der Waals surface area contributed by atoms with E-state index in [1.54, 1.807) is 49.4 Å². The maximum absolute atomic E-state index is 12.4. The summed E-state index contributed by atoms with van der Waals surface area (Å²) in [5.74, 6) is 0.670. The van der Waals surface area contributed by atoms with Gasteiger partial charge in [0.25, 0.3) is 5.91 Å². The Balaban J connectivity index is 1.72. The number of aryl methyl sites for hydroxylation is 1. The van der Waals surface area contributed by atoms with Crippen LogP contribution in [-0.4, -0.2) is 22.0 Å². The molecule has 0 bridgehead atoms. The van der Waals surface area contributed by atoms with Crippen LogP contribution in [0.15, 0.2) is 53.2 Å². The largest absolute Gasteiger partial charge is 0.360 e. The summed E-state index contributed by atoms with van der Waals surface area (Å²) in [5, 5.41) is 12.3. The number of rotatable bonds is 5. The second kappa shape index (κ2) is 7.47. The summed E-state index contributed by atoms with van der Waals surface area (Å²) in [6, 6.07) is 11.9. The number of hydrogen-bond acceptors (Lipinski definition) is 6. The Labute approximate surface area is 149 Å². The van der Waals surface area contributed by atoms with E-state index in [1.807, 2.05) is 0 Å². The van der Waals surface area contributed by atoms with E-state index < -0.39 is 0 Å². The molecule has 3 rings (SSSR count). The average Bonchev–Trinajstić information content (AvgIpc) is 2.99. The van der Waals surface area contributed by atoms with Crippen LogP contribution in [0.2, 0.25) is 0 Å². The summed E-state index contributed by atoms with van der Waals surface area (Å²) >= 11 is 0. The van der Waals surface area contributed by atoms with Gasteiger partial charge in [0.1, 0.15) is 11.5 Å². The molecule has 0 aliphatic heterocycles. The Kier molecular flexibility index (Phi) is 4.93. The third-order valence-electron chi connectivity index (χ3n) is 3.33. The topological polar surface area (TPSA) is 109 Å². The van der Waals surface area contributed by atoms with Gasteiger partial charge in [-0.15, -0.1) is 0 Å². The van der Waals surface area contributed by atoms with Crippen LogP contribution < -0.4 is 16.0 Å². The summed E-state index contributed by atoms with van der Waals surface area (Å²) in [5.41, 5.74) is 2.04. The van der Waals surface area contributed by atoms with Crippen molar-refractivity contribution in [3.63, 3.8) is 0 Å². The number of carbonyl (C=O) groups is 2. The minimum Gasteiger partial charge on any atom is -0.360 e. The van der Waals surface area contributed by atoms with Crippen LogP contribution in [0.25, 0.3) is 0 Å². The lowest BCUT2D eigenvalue weighted by Gasteiger charge is -2.08. The fourth-order valence-corrected chi connectivity index (χ4v) is 2.28. The number of nitrogens with one attached hydrogen (secondary N) is 3. The molecule has 2 amide bonds. The molecule has 0 unspecified atom stereocenters. The highest BCUT2D eigenvalue weighted by Crippen LogP contribution is 2.18. The molecular weight excluding hydrogens is 334 g/mol. The molecule has 132 valence electrons. The van der Waals surface area contributed by atoms with Gasteiger partial charge in [-0.2, -0.15) is 0 Å². The monoisotopic (exact) mass is 351 g/mol. The summed E-state index contributed by atoms with van der Waals surface area (Å²) in [4.78, 5) is 27.7. The van der Waals surface area contributed by atoms with Crippen molar-refractivity contribution in [2.75, 3.05) is 16.0 Å². The minimum absolute atomic E-state index is 0.183. The third-order valence-corrected chi connectivity index (χ3v) is 3.33. The van der Waals surface area contributed by atoms with Gasteiger partial charge in [-0.3, -0.25) is 14.6 Å². The standard InChI is InChI=1S/C18H17N5O3/c1-11-8-17(23-26-11)21-15-6-7-19-16(10-15)18(25)22-14-5-3-4-13(9-14)20-12(2)24/h3-10H,1-2H3,(H,20,24)(H,22,25)(H,19,21,23).